The smallest absolute Gasteiger partial charge is 0.261 e. The summed E-state index contributed by atoms with van der Waals surface area (Å²) in [5.41, 5.74) is 2.53. The van der Waals surface area contributed by atoms with Gasteiger partial charge in [-0.2, -0.15) is 0 Å². The molecule has 0 aliphatic heterocycles. The number of halogens is 1. The summed E-state index contributed by atoms with van der Waals surface area (Å²) in [6, 6.07) is 12.3. The third-order valence-electron chi connectivity index (χ3n) is 3.79. The van der Waals surface area contributed by atoms with Crippen molar-refractivity contribution in [2.24, 2.45) is 0 Å². The van der Waals surface area contributed by atoms with E-state index in [9.17, 15) is 9.18 Å². The molecule has 0 radical (unpaired) electrons. The lowest BCUT2D eigenvalue weighted by atomic mass is 10.0. The first-order chi connectivity index (χ1) is 10.5. The van der Waals surface area contributed by atoms with Gasteiger partial charge in [-0.3, -0.25) is 9.36 Å². The van der Waals surface area contributed by atoms with Crippen LogP contribution < -0.4 is 5.56 Å². The normalized spacial score (nSPS) is 11.3. The van der Waals surface area contributed by atoms with Crippen molar-refractivity contribution in [2.45, 2.75) is 26.3 Å². The van der Waals surface area contributed by atoms with Crippen molar-refractivity contribution in [1.29, 1.82) is 0 Å². The van der Waals surface area contributed by atoms with E-state index in [4.69, 9.17) is 0 Å². The Hall–Kier alpha value is -2.49. The first-order valence-corrected chi connectivity index (χ1v) is 7.28. The van der Waals surface area contributed by atoms with Gasteiger partial charge >= 0.3 is 0 Å². The van der Waals surface area contributed by atoms with Crippen LogP contribution in [-0.4, -0.2) is 9.55 Å². The van der Waals surface area contributed by atoms with E-state index in [1.165, 1.54) is 30.1 Å². The molecule has 0 amide bonds. The Morgan fingerprint density at radius 3 is 2.55 bits per heavy atom. The van der Waals surface area contributed by atoms with E-state index in [0.29, 0.717) is 23.4 Å². The fraction of sp³-hybridized carbons (Fsp3) is 0.222. The van der Waals surface area contributed by atoms with Gasteiger partial charge in [0.15, 0.2) is 0 Å². The van der Waals surface area contributed by atoms with Crippen molar-refractivity contribution in [1.82, 2.24) is 9.55 Å². The average Bonchev–Trinajstić information content (AvgIpc) is 2.50. The predicted octanol–water partition coefficient (Wildman–Crippen LogP) is 3.71. The van der Waals surface area contributed by atoms with Crippen LogP contribution in [0.15, 0.2) is 53.6 Å². The van der Waals surface area contributed by atoms with Crippen molar-refractivity contribution in [3.63, 3.8) is 0 Å². The Kier molecular flexibility index (Phi) is 3.75. The van der Waals surface area contributed by atoms with Crippen LogP contribution in [0, 0.1) is 5.82 Å². The van der Waals surface area contributed by atoms with Crippen LogP contribution >= 0.6 is 0 Å². The van der Waals surface area contributed by atoms with Gasteiger partial charge in [-0.25, -0.2) is 9.37 Å². The molecule has 0 bridgehead atoms. The number of hydrogen-bond donors (Lipinski definition) is 0. The summed E-state index contributed by atoms with van der Waals surface area (Å²) < 4.78 is 14.7. The maximum Gasteiger partial charge on any atom is 0.261 e. The van der Waals surface area contributed by atoms with E-state index >= 15 is 0 Å². The molecule has 1 heterocycles. The molecule has 22 heavy (non-hydrogen) atoms. The number of rotatable bonds is 3. The molecule has 0 fully saturated rings. The fourth-order valence-corrected chi connectivity index (χ4v) is 2.45. The predicted molar refractivity (Wildman–Crippen MR) is 85.6 cm³/mol. The van der Waals surface area contributed by atoms with Crippen LogP contribution in [0.4, 0.5) is 4.39 Å². The molecular formula is C18H17FN2O. The molecule has 3 rings (SSSR count). The van der Waals surface area contributed by atoms with Crippen molar-refractivity contribution >= 4 is 10.9 Å². The van der Waals surface area contributed by atoms with Crippen LogP contribution in [-0.2, 0) is 6.54 Å². The molecule has 0 saturated carbocycles. The van der Waals surface area contributed by atoms with Crippen molar-refractivity contribution < 1.29 is 4.39 Å². The second kappa shape index (κ2) is 5.72. The van der Waals surface area contributed by atoms with Gasteiger partial charge in [0, 0.05) is 6.07 Å². The van der Waals surface area contributed by atoms with E-state index in [-0.39, 0.29) is 11.4 Å². The molecule has 3 nitrogen and oxygen atoms in total. The summed E-state index contributed by atoms with van der Waals surface area (Å²) in [7, 11) is 0. The quantitative estimate of drug-likeness (QED) is 0.738. The molecule has 0 atom stereocenters. The van der Waals surface area contributed by atoms with Crippen LogP contribution in [0.25, 0.3) is 10.9 Å². The Balaban J connectivity index is 1.95. The summed E-state index contributed by atoms with van der Waals surface area (Å²) >= 11 is 0. The zero-order valence-corrected chi connectivity index (χ0v) is 12.6. The SMILES string of the molecule is CC(C)c1ccc(Cn2cnc3cc(F)ccc3c2=O)cc1. The molecule has 0 unspecified atom stereocenters. The van der Waals surface area contributed by atoms with Gasteiger partial charge in [0.2, 0.25) is 0 Å². The van der Waals surface area contributed by atoms with Gasteiger partial charge in [-0.05, 0) is 29.2 Å². The molecule has 112 valence electrons. The lowest BCUT2D eigenvalue weighted by Gasteiger charge is -2.09. The second-order valence-corrected chi connectivity index (χ2v) is 5.74. The van der Waals surface area contributed by atoms with Crippen LogP contribution in [0.2, 0.25) is 0 Å². The molecule has 0 N–H and O–H groups in total. The Bertz CT molecular complexity index is 866. The minimum Gasteiger partial charge on any atom is -0.294 e. The zero-order chi connectivity index (χ0) is 15.7. The van der Waals surface area contributed by atoms with E-state index in [2.05, 4.69) is 31.0 Å². The summed E-state index contributed by atoms with van der Waals surface area (Å²) in [6.07, 6.45) is 1.47. The minimum atomic E-state index is -0.388. The maximum atomic E-state index is 13.2. The molecule has 4 heteroatoms. The Morgan fingerprint density at radius 2 is 1.86 bits per heavy atom. The number of benzene rings is 2. The van der Waals surface area contributed by atoms with Gasteiger partial charge in [0.1, 0.15) is 5.82 Å². The molecule has 3 aromatic rings. The van der Waals surface area contributed by atoms with Gasteiger partial charge in [-0.15, -0.1) is 0 Å². The molecule has 0 aliphatic carbocycles. The largest absolute Gasteiger partial charge is 0.294 e. The van der Waals surface area contributed by atoms with Crippen LogP contribution in [0.3, 0.4) is 0 Å². The summed E-state index contributed by atoms with van der Waals surface area (Å²) in [6.45, 7) is 4.75. The van der Waals surface area contributed by atoms with Crippen LogP contribution in [0.5, 0.6) is 0 Å². The highest BCUT2D eigenvalue weighted by atomic mass is 19.1. The standard InChI is InChI=1S/C18H17FN2O/c1-12(2)14-5-3-13(4-6-14)10-21-11-20-17-9-15(19)7-8-16(17)18(21)22/h3-9,11-12H,10H2,1-2H3. The molecule has 0 spiro atoms. The molecule has 2 aromatic carbocycles. The zero-order valence-electron chi connectivity index (χ0n) is 12.6. The summed E-state index contributed by atoms with van der Waals surface area (Å²) in [5, 5.41) is 0.433. The number of aromatic nitrogens is 2. The van der Waals surface area contributed by atoms with Gasteiger partial charge < -0.3 is 0 Å². The lowest BCUT2D eigenvalue weighted by molar-refractivity contribution is 0.629. The third kappa shape index (κ3) is 2.77. The Morgan fingerprint density at radius 1 is 1.14 bits per heavy atom. The topological polar surface area (TPSA) is 34.9 Å². The fourth-order valence-electron chi connectivity index (χ4n) is 2.45. The number of fused-ring (bicyclic) bond motifs is 1. The third-order valence-corrected chi connectivity index (χ3v) is 3.79. The number of nitrogens with zero attached hydrogens (tertiary/aromatic N) is 2. The first kappa shape index (κ1) is 14.4. The highest BCUT2D eigenvalue weighted by molar-refractivity contribution is 5.77. The van der Waals surface area contributed by atoms with Crippen LogP contribution in [0.1, 0.15) is 30.9 Å². The van der Waals surface area contributed by atoms with E-state index in [1.807, 2.05) is 12.1 Å². The minimum absolute atomic E-state index is 0.155. The summed E-state index contributed by atoms with van der Waals surface area (Å²) in [4.78, 5) is 16.6. The first-order valence-electron chi connectivity index (χ1n) is 7.28. The van der Waals surface area contributed by atoms with E-state index in [1.54, 1.807) is 4.57 Å². The summed E-state index contributed by atoms with van der Waals surface area (Å²) in [5.74, 6) is 0.0930. The van der Waals surface area contributed by atoms with Gasteiger partial charge in [0.05, 0.1) is 23.8 Å². The van der Waals surface area contributed by atoms with Crippen molar-refractivity contribution in [2.75, 3.05) is 0 Å². The average molecular weight is 296 g/mol. The van der Waals surface area contributed by atoms with Crippen molar-refractivity contribution in [3.05, 3.63) is 76.1 Å². The molecular weight excluding hydrogens is 279 g/mol. The molecule has 1 aromatic heterocycles. The number of hydrogen-bond acceptors (Lipinski definition) is 2. The van der Waals surface area contributed by atoms with Crippen molar-refractivity contribution in [3.8, 4) is 0 Å². The maximum absolute atomic E-state index is 13.2. The monoisotopic (exact) mass is 296 g/mol. The van der Waals surface area contributed by atoms with Gasteiger partial charge in [0.25, 0.3) is 5.56 Å². The second-order valence-electron chi connectivity index (χ2n) is 5.74. The highest BCUT2D eigenvalue weighted by Crippen LogP contribution is 2.15. The van der Waals surface area contributed by atoms with E-state index < -0.39 is 0 Å². The molecule has 0 saturated heterocycles. The molecule has 0 aliphatic rings. The van der Waals surface area contributed by atoms with Gasteiger partial charge in [-0.1, -0.05) is 38.1 Å². The Labute approximate surface area is 128 Å². The van der Waals surface area contributed by atoms with E-state index in [0.717, 1.165) is 5.56 Å². The highest BCUT2D eigenvalue weighted by Gasteiger charge is 2.06. The lowest BCUT2D eigenvalue weighted by Crippen LogP contribution is -2.21.